The van der Waals surface area contributed by atoms with Crippen molar-refractivity contribution in [3.8, 4) is 22.3 Å². The van der Waals surface area contributed by atoms with Gasteiger partial charge in [-0.2, -0.15) is 0 Å². The van der Waals surface area contributed by atoms with E-state index in [1.54, 1.807) is 0 Å². The zero-order valence-electron chi connectivity index (χ0n) is 28.0. The van der Waals surface area contributed by atoms with Gasteiger partial charge in [0.1, 0.15) is 22.3 Å². The Kier molecular flexibility index (Phi) is 5.53. The second-order valence-corrected chi connectivity index (χ2v) is 14.1. The van der Waals surface area contributed by atoms with Gasteiger partial charge in [0, 0.05) is 21.5 Å². The molecule has 12 aromatic rings. The first-order valence-electron chi connectivity index (χ1n) is 17.8. The molecule has 0 atom stereocenters. The monoisotopic (exact) mass is 660 g/mol. The fourth-order valence-electron chi connectivity index (χ4n) is 8.71. The molecular weight excluding hydrogens is 633 g/mol. The third kappa shape index (κ3) is 3.95. The van der Waals surface area contributed by atoms with Crippen molar-refractivity contribution in [1.29, 1.82) is 0 Å². The minimum Gasteiger partial charge on any atom is -0.456 e. The summed E-state index contributed by atoms with van der Waals surface area (Å²) < 4.78 is 13.2. The van der Waals surface area contributed by atoms with E-state index in [1.807, 2.05) is 0 Å². The lowest BCUT2D eigenvalue weighted by atomic mass is 9.93. The Morgan fingerprint density at radius 1 is 0.231 bits per heavy atom. The average Bonchev–Trinajstić information content (AvgIpc) is 3.74. The van der Waals surface area contributed by atoms with E-state index in [0.29, 0.717) is 0 Å². The van der Waals surface area contributed by atoms with Crippen LogP contribution in [0.25, 0.3) is 120 Å². The van der Waals surface area contributed by atoms with Gasteiger partial charge in [-0.15, -0.1) is 0 Å². The molecule has 0 saturated heterocycles. The molecule has 2 heteroatoms. The molecule has 0 aliphatic rings. The molecule has 0 N–H and O–H groups in total. The highest BCUT2D eigenvalue weighted by Gasteiger charge is 2.16. The second kappa shape index (κ2) is 10.3. The van der Waals surface area contributed by atoms with Gasteiger partial charge in [-0.25, -0.2) is 0 Å². The Hall–Kier alpha value is -6.90. The molecule has 0 saturated carbocycles. The quantitative estimate of drug-likeness (QED) is 0.173. The van der Waals surface area contributed by atoms with Crippen molar-refractivity contribution in [1.82, 2.24) is 0 Å². The molecule has 0 radical (unpaired) electrons. The van der Waals surface area contributed by atoms with E-state index in [2.05, 4.69) is 170 Å². The lowest BCUT2D eigenvalue weighted by Crippen LogP contribution is -1.84. The molecule has 0 fully saturated rings. The smallest absolute Gasteiger partial charge is 0.136 e. The molecule has 0 spiro atoms. The van der Waals surface area contributed by atoms with E-state index < -0.39 is 0 Å². The maximum Gasteiger partial charge on any atom is 0.136 e. The van der Waals surface area contributed by atoms with Crippen LogP contribution in [0.2, 0.25) is 0 Å². The van der Waals surface area contributed by atoms with Crippen molar-refractivity contribution in [2.24, 2.45) is 0 Å². The van der Waals surface area contributed by atoms with Crippen molar-refractivity contribution >= 4 is 97.7 Å². The Balaban J connectivity index is 0.996. The van der Waals surface area contributed by atoms with Crippen molar-refractivity contribution in [2.75, 3.05) is 0 Å². The van der Waals surface area contributed by atoms with Crippen LogP contribution in [0.1, 0.15) is 0 Å². The molecule has 0 unspecified atom stereocenters. The van der Waals surface area contributed by atoms with E-state index in [0.717, 1.165) is 60.4 Å². The van der Waals surface area contributed by atoms with E-state index in [4.69, 9.17) is 8.83 Å². The predicted octanol–water partition coefficient (Wildman–Crippen LogP) is 14.6. The van der Waals surface area contributed by atoms with Crippen molar-refractivity contribution in [3.63, 3.8) is 0 Å². The van der Waals surface area contributed by atoms with Crippen LogP contribution in [0.15, 0.2) is 179 Å². The van der Waals surface area contributed by atoms with Crippen LogP contribution < -0.4 is 0 Å². The van der Waals surface area contributed by atoms with Crippen LogP contribution in [-0.2, 0) is 0 Å². The lowest BCUT2D eigenvalue weighted by molar-refractivity contribution is 0.669. The molecule has 2 aromatic heterocycles. The minimum atomic E-state index is 0.879. The van der Waals surface area contributed by atoms with Gasteiger partial charge in [-0.1, -0.05) is 109 Å². The van der Waals surface area contributed by atoms with Crippen LogP contribution in [0.3, 0.4) is 0 Å². The maximum atomic E-state index is 6.59. The van der Waals surface area contributed by atoms with Crippen molar-refractivity contribution in [3.05, 3.63) is 170 Å². The first-order valence-corrected chi connectivity index (χ1v) is 17.8. The summed E-state index contributed by atoms with van der Waals surface area (Å²) in [7, 11) is 0. The first kappa shape index (κ1) is 27.9. The topological polar surface area (TPSA) is 26.3 Å². The van der Waals surface area contributed by atoms with E-state index in [-0.39, 0.29) is 0 Å². The van der Waals surface area contributed by atoms with Gasteiger partial charge in [0.2, 0.25) is 0 Å². The highest BCUT2D eigenvalue weighted by Crippen LogP contribution is 2.42. The highest BCUT2D eigenvalue weighted by atomic mass is 16.3. The summed E-state index contributed by atoms with van der Waals surface area (Å²) in [5.41, 5.74) is 8.27. The number of furan rings is 2. The van der Waals surface area contributed by atoms with Crippen molar-refractivity contribution in [2.45, 2.75) is 0 Å². The van der Waals surface area contributed by atoms with Gasteiger partial charge in [-0.3, -0.25) is 0 Å². The number of hydrogen-bond acceptors (Lipinski definition) is 2. The zero-order valence-corrected chi connectivity index (χ0v) is 28.0. The second-order valence-electron chi connectivity index (χ2n) is 14.1. The molecule has 52 heavy (non-hydrogen) atoms. The number of benzene rings is 10. The number of hydrogen-bond donors (Lipinski definition) is 0. The highest BCUT2D eigenvalue weighted by molar-refractivity contribution is 6.18. The first-order chi connectivity index (χ1) is 25.7. The Labute approximate surface area is 297 Å². The fourth-order valence-corrected chi connectivity index (χ4v) is 8.71. The van der Waals surface area contributed by atoms with E-state index >= 15 is 0 Å². The summed E-state index contributed by atoms with van der Waals surface area (Å²) in [6.45, 7) is 0. The molecule has 2 heterocycles. The molecule has 0 bridgehead atoms. The zero-order chi connectivity index (χ0) is 33.9. The van der Waals surface area contributed by atoms with Gasteiger partial charge >= 0.3 is 0 Å². The molecule has 0 aliphatic heterocycles. The summed E-state index contributed by atoms with van der Waals surface area (Å²) in [5, 5.41) is 16.8. The normalized spacial score (nSPS) is 12.2. The maximum absolute atomic E-state index is 6.59. The van der Waals surface area contributed by atoms with Crippen LogP contribution in [0.5, 0.6) is 0 Å². The third-order valence-corrected chi connectivity index (χ3v) is 11.2. The van der Waals surface area contributed by atoms with Crippen LogP contribution in [0.4, 0.5) is 0 Å². The summed E-state index contributed by atoms with van der Waals surface area (Å²) in [4.78, 5) is 0. The number of fused-ring (bicyclic) bond motifs is 13. The summed E-state index contributed by atoms with van der Waals surface area (Å²) in [5.74, 6) is 0. The van der Waals surface area contributed by atoms with Crippen molar-refractivity contribution < 1.29 is 8.83 Å². The molecule has 12 rings (SSSR count). The summed E-state index contributed by atoms with van der Waals surface area (Å²) in [6, 6.07) is 61.4. The average molecular weight is 661 g/mol. The van der Waals surface area contributed by atoms with Gasteiger partial charge in [-0.05, 0) is 137 Å². The van der Waals surface area contributed by atoms with Gasteiger partial charge in [0.05, 0.1) is 0 Å². The largest absolute Gasteiger partial charge is 0.456 e. The lowest BCUT2D eigenvalue weighted by Gasteiger charge is -2.11. The van der Waals surface area contributed by atoms with Gasteiger partial charge < -0.3 is 8.83 Å². The van der Waals surface area contributed by atoms with Gasteiger partial charge in [0.25, 0.3) is 0 Å². The molecule has 0 aliphatic carbocycles. The molecule has 10 aromatic carbocycles. The Bertz CT molecular complexity index is 3240. The summed E-state index contributed by atoms with van der Waals surface area (Å²) >= 11 is 0. The van der Waals surface area contributed by atoms with E-state index in [9.17, 15) is 0 Å². The Morgan fingerprint density at radius 2 is 0.615 bits per heavy atom. The molecular formula is C50H28O2. The fraction of sp³-hybridized carbons (Fsp3) is 0. The SMILES string of the molecule is c1ccc2c(c1)cc(-c1ccc3c(c1)oc1cc4cc5oc6cc(-c7cc8ccccc8c8ccccc78)ccc6c5cc4cc13)c1ccccc12. The molecule has 0 amide bonds. The minimum absolute atomic E-state index is 0.879. The van der Waals surface area contributed by atoms with Crippen LogP contribution in [0, 0.1) is 0 Å². The summed E-state index contributed by atoms with van der Waals surface area (Å²) in [6.07, 6.45) is 0. The third-order valence-electron chi connectivity index (χ3n) is 11.2. The van der Waals surface area contributed by atoms with Crippen LogP contribution in [-0.4, -0.2) is 0 Å². The molecule has 2 nitrogen and oxygen atoms in total. The van der Waals surface area contributed by atoms with Gasteiger partial charge in [0.15, 0.2) is 0 Å². The Morgan fingerprint density at radius 3 is 1.10 bits per heavy atom. The predicted molar refractivity (Wildman–Crippen MR) is 219 cm³/mol. The molecule has 240 valence electrons. The van der Waals surface area contributed by atoms with E-state index in [1.165, 1.54) is 59.6 Å². The van der Waals surface area contributed by atoms with Crippen LogP contribution >= 0.6 is 0 Å². The standard InChI is InChI=1S/C50H28O2/c1-3-11-35-29(9-1)21-43(39-15-7-5-13-37(35)39)31-17-19-41-45-23-33-24-46-42-20-18-32(26-48(42)52-50(46)28-34(33)27-49(45)51-47(41)25-31)44-22-30-10-2-4-12-36(30)38-14-6-8-16-40(38)44/h1-28H. The number of rotatable bonds is 2.